The molecule has 0 aliphatic carbocycles. The Hall–Kier alpha value is -2.79. The van der Waals surface area contributed by atoms with Gasteiger partial charge in [0.2, 0.25) is 17.7 Å². The molecule has 4 atom stereocenters. The van der Waals surface area contributed by atoms with Crippen LogP contribution in [0.1, 0.15) is 32.3 Å². The number of rotatable bonds is 11. The van der Waals surface area contributed by atoms with Gasteiger partial charge in [-0.3, -0.25) is 14.4 Å². The van der Waals surface area contributed by atoms with E-state index in [1.807, 2.05) is 0 Å². The van der Waals surface area contributed by atoms with E-state index in [9.17, 15) is 29.4 Å². The number of nitrogens with one attached hydrogen (secondary N) is 4. The molecule has 1 aliphatic rings. The van der Waals surface area contributed by atoms with Gasteiger partial charge in [-0.1, -0.05) is 26.0 Å². The number of hydrogen-bond acceptors (Lipinski definition) is 7. The highest BCUT2D eigenvalue weighted by Gasteiger charge is 2.32. The lowest BCUT2D eigenvalue weighted by molar-refractivity contribution is -0.142. The molecule has 1 aliphatic heterocycles. The molecule has 2 rings (SSSR count). The third-order valence-corrected chi connectivity index (χ3v) is 5.80. The van der Waals surface area contributed by atoms with Crippen LogP contribution in [0.15, 0.2) is 24.3 Å². The molecule has 33 heavy (non-hydrogen) atoms. The highest BCUT2D eigenvalue weighted by atomic mass is 32.1. The van der Waals surface area contributed by atoms with Crippen LogP contribution in [-0.2, 0) is 25.6 Å². The maximum Gasteiger partial charge on any atom is 0.326 e. The molecule has 6 N–H and O–H groups in total. The molecule has 1 saturated heterocycles. The number of aliphatic carboxylic acids is 1. The van der Waals surface area contributed by atoms with Gasteiger partial charge in [-0.25, -0.2) is 4.79 Å². The SMILES string of the molecule is CC(C)C(NC(=O)C(CS)NC(=O)C1CCCN1)C(=O)NC(Cc1ccc(O)cc1)C(=O)O. The zero-order valence-electron chi connectivity index (χ0n) is 18.7. The van der Waals surface area contributed by atoms with E-state index in [1.54, 1.807) is 26.0 Å². The van der Waals surface area contributed by atoms with Gasteiger partial charge in [0.1, 0.15) is 23.9 Å². The summed E-state index contributed by atoms with van der Waals surface area (Å²) in [7, 11) is 0. The largest absolute Gasteiger partial charge is 0.508 e. The molecule has 0 saturated carbocycles. The number of carbonyl (C=O) groups excluding carboxylic acids is 3. The molecule has 1 heterocycles. The number of hydrogen-bond donors (Lipinski definition) is 7. The summed E-state index contributed by atoms with van der Waals surface area (Å²) in [5.41, 5.74) is 0.615. The van der Waals surface area contributed by atoms with Gasteiger partial charge in [-0.05, 0) is 43.0 Å². The number of carboxylic acid groups (broad SMARTS) is 1. The zero-order valence-corrected chi connectivity index (χ0v) is 19.6. The quantitative estimate of drug-likeness (QED) is 0.216. The van der Waals surface area contributed by atoms with Crippen LogP contribution >= 0.6 is 12.6 Å². The second-order valence-electron chi connectivity index (χ2n) is 8.39. The highest BCUT2D eigenvalue weighted by Crippen LogP contribution is 2.12. The van der Waals surface area contributed by atoms with E-state index in [0.717, 1.165) is 13.0 Å². The number of carbonyl (C=O) groups is 4. The van der Waals surface area contributed by atoms with Gasteiger partial charge < -0.3 is 31.5 Å². The number of carboxylic acids is 1. The molecule has 0 aromatic heterocycles. The Morgan fingerprint density at radius 2 is 1.73 bits per heavy atom. The topological polar surface area (TPSA) is 157 Å². The first kappa shape index (κ1) is 26.5. The number of amides is 3. The summed E-state index contributed by atoms with van der Waals surface area (Å²) in [6.07, 6.45) is 1.56. The summed E-state index contributed by atoms with van der Waals surface area (Å²) in [6, 6.07) is 2.46. The van der Waals surface area contributed by atoms with E-state index < -0.39 is 35.9 Å². The van der Waals surface area contributed by atoms with Gasteiger partial charge in [0.15, 0.2) is 0 Å². The van der Waals surface area contributed by atoms with Crippen LogP contribution in [0.4, 0.5) is 0 Å². The number of thiol groups is 1. The molecule has 3 amide bonds. The predicted molar refractivity (Wildman–Crippen MR) is 125 cm³/mol. The lowest BCUT2D eigenvalue weighted by atomic mass is 10.0. The van der Waals surface area contributed by atoms with Crippen molar-refractivity contribution >= 4 is 36.3 Å². The molecule has 4 unspecified atom stereocenters. The van der Waals surface area contributed by atoms with Crippen molar-refractivity contribution in [3.63, 3.8) is 0 Å². The van der Waals surface area contributed by atoms with Crippen molar-refractivity contribution in [3.8, 4) is 5.75 Å². The fourth-order valence-electron chi connectivity index (χ4n) is 3.49. The predicted octanol–water partition coefficient (Wildman–Crippen LogP) is -0.188. The van der Waals surface area contributed by atoms with E-state index in [1.165, 1.54) is 12.1 Å². The summed E-state index contributed by atoms with van der Waals surface area (Å²) in [4.78, 5) is 49.7. The third-order valence-electron chi connectivity index (χ3n) is 5.43. The molecule has 11 heteroatoms. The van der Waals surface area contributed by atoms with Crippen molar-refractivity contribution < 1.29 is 29.4 Å². The van der Waals surface area contributed by atoms with Crippen molar-refractivity contribution in [2.24, 2.45) is 5.92 Å². The third kappa shape index (κ3) is 7.93. The average Bonchev–Trinajstić information content (AvgIpc) is 3.31. The monoisotopic (exact) mass is 480 g/mol. The normalized spacial score (nSPS) is 18.2. The van der Waals surface area contributed by atoms with E-state index in [-0.39, 0.29) is 35.8 Å². The molecule has 1 fully saturated rings. The molecular formula is C22H32N4O6S. The van der Waals surface area contributed by atoms with Gasteiger partial charge in [0.05, 0.1) is 6.04 Å². The van der Waals surface area contributed by atoms with Crippen LogP contribution in [0.5, 0.6) is 5.75 Å². The standard InChI is InChI=1S/C22H32N4O6S/c1-12(2)18(26-20(29)17(11-33)25-19(28)15-4-3-9-23-15)21(30)24-16(22(31)32)10-13-5-7-14(27)8-6-13/h5-8,12,15-18,23,27,33H,3-4,9-11H2,1-2H3,(H,24,30)(H,25,28)(H,26,29)(H,31,32). The van der Waals surface area contributed by atoms with Crippen LogP contribution in [0, 0.1) is 5.92 Å². The Morgan fingerprint density at radius 1 is 1.06 bits per heavy atom. The maximum absolute atomic E-state index is 12.9. The first-order valence-electron chi connectivity index (χ1n) is 10.9. The first-order chi connectivity index (χ1) is 15.6. The molecule has 10 nitrogen and oxygen atoms in total. The molecule has 0 radical (unpaired) electrons. The molecule has 0 bridgehead atoms. The summed E-state index contributed by atoms with van der Waals surface area (Å²) in [6.45, 7) is 4.17. The summed E-state index contributed by atoms with van der Waals surface area (Å²) in [5.74, 6) is -3.00. The van der Waals surface area contributed by atoms with Gasteiger partial charge in [0.25, 0.3) is 0 Å². The van der Waals surface area contributed by atoms with Crippen LogP contribution < -0.4 is 21.3 Å². The Morgan fingerprint density at radius 3 is 2.24 bits per heavy atom. The van der Waals surface area contributed by atoms with E-state index in [2.05, 4.69) is 33.9 Å². The molecule has 0 spiro atoms. The van der Waals surface area contributed by atoms with Gasteiger partial charge in [0, 0.05) is 12.2 Å². The smallest absolute Gasteiger partial charge is 0.326 e. The van der Waals surface area contributed by atoms with Crippen LogP contribution in [0.2, 0.25) is 0 Å². The average molecular weight is 481 g/mol. The van der Waals surface area contributed by atoms with Gasteiger partial charge in [-0.2, -0.15) is 12.6 Å². The fraction of sp³-hybridized carbons (Fsp3) is 0.545. The van der Waals surface area contributed by atoms with Crippen molar-refractivity contribution in [1.29, 1.82) is 0 Å². The number of phenols is 1. The van der Waals surface area contributed by atoms with Gasteiger partial charge in [-0.15, -0.1) is 0 Å². The molecule has 1 aromatic carbocycles. The van der Waals surface area contributed by atoms with E-state index in [0.29, 0.717) is 12.0 Å². The summed E-state index contributed by atoms with van der Waals surface area (Å²) in [5, 5.41) is 29.7. The molecule has 1 aromatic rings. The Balaban J connectivity index is 2.02. The number of benzene rings is 1. The minimum absolute atomic E-state index is 0.00380. The second-order valence-corrected chi connectivity index (χ2v) is 8.76. The summed E-state index contributed by atoms with van der Waals surface area (Å²) >= 11 is 4.15. The molecular weight excluding hydrogens is 448 g/mol. The first-order valence-corrected chi connectivity index (χ1v) is 11.5. The number of phenolic OH excluding ortho intramolecular Hbond substituents is 1. The van der Waals surface area contributed by atoms with Crippen LogP contribution in [0.25, 0.3) is 0 Å². The van der Waals surface area contributed by atoms with E-state index >= 15 is 0 Å². The maximum atomic E-state index is 12.9. The molecule has 182 valence electrons. The number of aromatic hydroxyl groups is 1. The lowest BCUT2D eigenvalue weighted by Gasteiger charge is -2.26. The minimum atomic E-state index is -1.23. The van der Waals surface area contributed by atoms with Crippen molar-refractivity contribution in [1.82, 2.24) is 21.3 Å². The zero-order chi connectivity index (χ0) is 24.5. The minimum Gasteiger partial charge on any atom is -0.508 e. The van der Waals surface area contributed by atoms with Crippen molar-refractivity contribution in [3.05, 3.63) is 29.8 Å². The Bertz CT molecular complexity index is 842. The fourth-order valence-corrected chi connectivity index (χ4v) is 3.75. The Kier molecular flexibility index (Phi) is 9.98. The van der Waals surface area contributed by atoms with Crippen LogP contribution in [0.3, 0.4) is 0 Å². The van der Waals surface area contributed by atoms with Crippen LogP contribution in [-0.4, -0.2) is 70.4 Å². The highest BCUT2D eigenvalue weighted by molar-refractivity contribution is 7.80. The van der Waals surface area contributed by atoms with E-state index in [4.69, 9.17) is 0 Å². The van der Waals surface area contributed by atoms with Gasteiger partial charge >= 0.3 is 5.97 Å². The van der Waals surface area contributed by atoms with Crippen molar-refractivity contribution in [2.75, 3.05) is 12.3 Å². The second kappa shape index (κ2) is 12.4. The van der Waals surface area contributed by atoms with Crippen molar-refractivity contribution in [2.45, 2.75) is 57.3 Å². The Labute approximate surface area is 198 Å². The summed E-state index contributed by atoms with van der Waals surface area (Å²) < 4.78 is 0. The lowest BCUT2D eigenvalue weighted by Crippen LogP contribution is -2.59.